The fourth-order valence-electron chi connectivity index (χ4n) is 3.09. The first-order valence-corrected chi connectivity index (χ1v) is 8.93. The molecule has 1 aliphatic carbocycles. The van der Waals surface area contributed by atoms with E-state index in [0.717, 1.165) is 21.1 Å². The molecule has 0 spiro atoms. The zero-order valence-corrected chi connectivity index (χ0v) is 14.4. The summed E-state index contributed by atoms with van der Waals surface area (Å²) in [6.45, 7) is 3.03. The third kappa shape index (κ3) is 2.94. The van der Waals surface area contributed by atoms with Crippen LogP contribution in [0.25, 0.3) is 10.1 Å². The molecule has 1 aliphatic rings. The van der Waals surface area contributed by atoms with Gasteiger partial charge in [-0.2, -0.15) is 0 Å². The number of hydrogen-bond donors (Lipinski definition) is 2. The SMILES string of the molecule is CC1CCCC1CNC(=O)c1sc2ccc(Br)cc2c1N. The van der Waals surface area contributed by atoms with Crippen molar-refractivity contribution < 1.29 is 4.79 Å². The molecule has 21 heavy (non-hydrogen) atoms. The second-order valence-corrected chi connectivity index (χ2v) is 7.83. The van der Waals surface area contributed by atoms with Crippen LogP contribution in [0.4, 0.5) is 5.69 Å². The van der Waals surface area contributed by atoms with E-state index in [2.05, 4.69) is 28.2 Å². The number of amides is 1. The standard InChI is InChI=1S/C16H19BrN2OS/c1-9-3-2-4-10(9)8-19-16(20)15-14(18)12-7-11(17)5-6-13(12)21-15/h5-7,9-10H,2-4,8,18H2,1H3,(H,19,20). The van der Waals surface area contributed by atoms with Gasteiger partial charge in [0.2, 0.25) is 0 Å². The molecule has 1 fully saturated rings. The highest BCUT2D eigenvalue weighted by Crippen LogP contribution is 2.35. The van der Waals surface area contributed by atoms with Crippen molar-refractivity contribution in [3.8, 4) is 0 Å². The molecule has 1 aromatic heterocycles. The normalized spacial score (nSPS) is 21.8. The Labute approximate surface area is 137 Å². The second-order valence-electron chi connectivity index (χ2n) is 5.86. The lowest BCUT2D eigenvalue weighted by Gasteiger charge is -2.15. The molecule has 2 atom stereocenters. The number of fused-ring (bicyclic) bond motifs is 1. The molecule has 112 valence electrons. The summed E-state index contributed by atoms with van der Waals surface area (Å²) in [4.78, 5) is 13.0. The van der Waals surface area contributed by atoms with Gasteiger partial charge in [-0.05, 0) is 36.5 Å². The Morgan fingerprint density at radius 3 is 3.00 bits per heavy atom. The topological polar surface area (TPSA) is 55.1 Å². The van der Waals surface area contributed by atoms with E-state index in [1.165, 1.54) is 30.6 Å². The maximum Gasteiger partial charge on any atom is 0.263 e. The van der Waals surface area contributed by atoms with Crippen LogP contribution in [0, 0.1) is 11.8 Å². The van der Waals surface area contributed by atoms with E-state index in [9.17, 15) is 4.79 Å². The number of thiophene rings is 1. The Balaban J connectivity index is 1.76. The van der Waals surface area contributed by atoms with Gasteiger partial charge in [-0.3, -0.25) is 4.79 Å². The highest BCUT2D eigenvalue weighted by Gasteiger charge is 2.24. The second kappa shape index (κ2) is 5.97. The van der Waals surface area contributed by atoms with Crippen molar-refractivity contribution in [1.82, 2.24) is 5.32 Å². The molecule has 0 saturated heterocycles. The van der Waals surface area contributed by atoms with Gasteiger partial charge in [0.25, 0.3) is 5.91 Å². The summed E-state index contributed by atoms with van der Waals surface area (Å²) in [6, 6.07) is 5.94. The van der Waals surface area contributed by atoms with Crippen molar-refractivity contribution in [3.63, 3.8) is 0 Å². The molecule has 0 aliphatic heterocycles. The highest BCUT2D eigenvalue weighted by molar-refractivity contribution is 9.10. The largest absolute Gasteiger partial charge is 0.397 e. The van der Waals surface area contributed by atoms with Crippen molar-refractivity contribution in [3.05, 3.63) is 27.5 Å². The minimum atomic E-state index is -0.0380. The smallest absolute Gasteiger partial charge is 0.263 e. The quantitative estimate of drug-likeness (QED) is 0.844. The van der Waals surface area contributed by atoms with Gasteiger partial charge in [0.05, 0.1) is 5.69 Å². The molecule has 1 amide bonds. The van der Waals surface area contributed by atoms with E-state index in [0.29, 0.717) is 22.4 Å². The monoisotopic (exact) mass is 366 g/mol. The van der Waals surface area contributed by atoms with Crippen LogP contribution in [-0.2, 0) is 0 Å². The number of carbonyl (C=O) groups excluding carboxylic acids is 1. The molecule has 3 N–H and O–H groups in total. The summed E-state index contributed by atoms with van der Waals surface area (Å²) < 4.78 is 2.03. The van der Waals surface area contributed by atoms with Crippen molar-refractivity contribution in [2.75, 3.05) is 12.3 Å². The van der Waals surface area contributed by atoms with Gasteiger partial charge in [0.15, 0.2) is 0 Å². The molecular weight excluding hydrogens is 348 g/mol. The van der Waals surface area contributed by atoms with E-state index in [1.807, 2.05) is 18.2 Å². The summed E-state index contributed by atoms with van der Waals surface area (Å²) in [5, 5.41) is 4.02. The number of nitrogens with one attached hydrogen (secondary N) is 1. The molecule has 1 aromatic carbocycles. The van der Waals surface area contributed by atoms with Crippen LogP contribution >= 0.6 is 27.3 Å². The van der Waals surface area contributed by atoms with Crippen molar-refractivity contribution in [1.29, 1.82) is 0 Å². The third-order valence-electron chi connectivity index (χ3n) is 4.46. The minimum Gasteiger partial charge on any atom is -0.397 e. The number of nitrogens with two attached hydrogens (primary N) is 1. The molecule has 1 heterocycles. The predicted octanol–water partition coefficient (Wildman–Crippen LogP) is 4.41. The van der Waals surface area contributed by atoms with Gasteiger partial charge in [0.1, 0.15) is 4.88 Å². The van der Waals surface area contributed by atoms with Crippen molar-refractivity contribution in [2.45, 2.75) is 26.2 Å². The fourth-order valence-corrected chi connectivity index (χ4v) is 4.47. The molecule has 3 nitrogen and oxygen atoms in total. The molecule has 0 bridgehead atoms. The van der Waals surface area contributed by atoms with E-state index < -0.39 is 0 Å². The number of carbonyl (C=O) groups is 1. The lowest BCUT2D eigenvalue weighted by Crippen LogP contribution is -2.30. The van der Waals surface area contributed by atoms with Gasteiger partial charge in [-0.15, -0.1) is 11.3 Å². The summed E-state index contributed by atoms with van der Waals surface area (Å²) >= 11 is 4.91. The number of nitrogen functional groups attached to an aromatic ring is 1. The Kier molecular flexibility index (Phi) is 4.22. The van der Waals surface area contributed by atoms with Crippen LogP contribution in [0.15, 0.2) is 22.7 Å². The number of hydrogen-bond acceptors (Lipinski definition) is 3. The summed E-state index contributed by atoms with van der Waals surface area (Å²) in [5.41, 5.74) is 6.74. The average molecular weight is 367 g/mol. The van der Waals surface area contributed by atoms with Crippen molar-refractivity contribution in [2.24, 2.45) is 11.8 Å². The highest BCUT2D eigenvalue weighted by atomic mass is 79.9. The van der Waals surface area contributed by atoms with Gasteiger partial charge >= 0.3 is 0 Å². The van der Waals surface area contributed by atoms with Crippen LogP contribution in [-0.4, -0.2) is 12.5 Å². The van der Waals surface area contributed by atoms with Gasteiger partial charge in [-0.25, -0.2) is 0 Å². The first-order valence-electron chi connectivity index (χ1n) is 7.32. The van der Waals surface area contributed by atoms with Crippen LogP contribution in [0.3, 0.4) is 0 Å². The maximum absolute atomic E-state index is 12.4. The first kappa shape index (κ1) is 14.9. The molecule has 5 heteroatoms. The van der Waals surface area contributed by atoms with Crippen LogP contribution in [0.5, 0.6) is 0 Å². The molecule has 2 aromatic rings. The number of rotatable bonds is 3. The summed E-state index contributed by atoms with van der Waals surface area (Å²) in [7, 11) is 0. The van der Waals surface area contributed by atoms with E-state index in [4.69, 9.17) is 5.73 Å². The molecular formula is C16H19BrN2OS. The number of benzene rings is 1. The lowest BCUT2D eigenvalue weighted by atomic mass is 9.98. The molecule has 3 rings (SSSR count). The van der Waals surface area contributed by atoms with E-state index in [1.54, 1.807) is 0 Å². The van der Waals surface area contributed by atoms with E-state index >= 15 is 0 Å². The molecule has 1 saturated carbocycles. The zero-order chi connectivity index (χ0) is 15.0. The minimum absolute atomic E-state index is 0.0380. The van der Waals surface area contributed by atoms with Crippen LogP contribution in [0.2, 0.25) is 0 Å². The van der Waals surface area contributed by atoms with Gasteiger partial charge in [0, 0.05) is 21.1 Å². The summed E-state index contributed by atoms with van der Waals surface area (Å²) in [5.74, 6) is 1.28. The Morgan fingerprint density at radius 1 is 1.48 bits per heavy atom. The Hall–Kier alpha value is -1.07. The van der Waals surface area contributed by atoms with Crippen LogP contribution < -0.4 is 11.1 Å². The van der Waals surface area contributed by atoms with E-state index in [-0.39, 0.29) is 5.91 Å². The Bertz CT molecular complexity index is 682. The van der Waals surface area contributed by atoms with Gasteiger partial charge < -0.3 is 11.1 Å². The molecule has 0 radical (unpaired) electrons. The van der Waals surface area contributed by atoms with Crippen LogP contribution in [0.1, 0.15) is 35.9 Å². The number of anilines is 1. The Morgan fingerprint density at radius 2 is 2.29 bits per heavy atom. The zero-order valence-electron chi connectivity index (χ0n) is 12.0. The van der Waals surface area contributed by atoms with Gasteiger partial charge in [-0.1, -0.05) is 35.7 Å². The van der Waals surface area contributed by atoms with Crippen molar-refractivity contribution >= 4 is 48.9 Å². The summed E-state index contributed by atoms with van der Waals surface area (Å²) in [6.07, 6.45) is 3.77. The maximum atomic E-state index is 12.4. The molecule has 2 unspecified atom stereocenters. The fraction of sp³-hybridized carbons (Fsp3) is 0.438. The first-order chi connectivity index (χ1) is 10.1. The predicted molar refractivity (Wildman–Crippen MR) is 92.8 cm³/mol. The lowest BCUT2D eigenvalue weighted by molar-refractivity contribution is 0.0949. The number of halogens is 1. The average Bonchev–Trinajstić information content (AvgIpc) is 3.01. The third-order valence-corrected chi connectivity index (χ3v) is 6.14.